The van der Waals surface area contributed by atoms with Crippen molar-refractivity contribution in [1.82, 2.24) is 4.72 Å². The zero-order chi connectivity index (χ0) is 10.6. The van der Waals surface area contributed by atoms with Gasteiger partial charge in [-0.15, -0.1) is 0 Å². The van der Waals surface area contributed by atoms with Crippen molar-refractivity contribution in [3.8, 4) is 0 Å². The number of amides is 1. The smallest absolute Gasteiger partial charge is 0.291 e. The summed E-state index contributed by atoms with van der Waals surface area (Å²) in [5, 5.41) is 0. The molecule has 0 aliphatic heterocycles. The Morgan fingerprint density at radius 1 is 1.36 bits per heavy atom. The van der Waals surface area contributed by atoms with Crippen molar-refractivity contribution in [2.24, 2.45) is 0 Å². The van der Waals surface area contributed by atoms with E-state index in [1.165, 1.54) is 0 Å². The van der Waals surface area contributed by atoms with E-state index in [0.717, 1.165) is 0 Å². The predicted octanol–water partition coefficient (Wildman–Crippen LogP) is 3.12. The Balaban J connectivity index is 2.52. The Kier molecular flexibility index (Phi) is 4.04. The molecule has 0 spiro atoms. The largest absolute Gasteiger partial charge is 0.323 e. The molecule has 0 saturated carbocycles. The number of halogens is 3. The van der Waals surface area contributed by atoms with Crippen molar-refractivity contribution < 1.29 is 9.18 Å². The van der Waals surface area contributed by atoms with Crippen LogP contribution in [0.15, 0.2) is 30.3 Å². The molecule has 1 N–H and O–H groups in total. The summed E-state index contributed by atoms with van der Waals surface area (Å²) in [6, 6.07) is 8.36. The molecule has 0 aliphatic rings. The van der Waals surface area contributed by atoms with E-state index < -0.39 is 9.83 Å². The lowest BCUT2D eigenvalue weighted by molar-refractivity contribution is 0.0984. The van der Waals surface area contributed by atoms with E-state index in [0.29, 0.717) is 17.5 Å². The summed E-state index contributed by atoms with van der Waals surface area (Å²) in [5.74, 6) is -0.445. The first-order valence-electron chi connectivity index (χ1n) is 3.59. The average Bonchev–Trinajstić information content (AvgIpc) is 2.14. The van der Waals surface area contributed by atoms with E-state index in [1.807, 2.05) is 0 Å². The standard InChI is InChI=1S/C8H6Cl2FNOS/c9-8(10,11)14-12-7(13)6-4-2-1-3-5-6/h1-5H,(H,12,13). The van der Waals surface area contributed by atoms with Crippen LogP contribution in [0.5, 0.6) is 0 Å². The van der Waals surface area contributed by atoms with Crippen molar-refractivity contribution in [3.05, 3.63) is 35.9 Å². The molecule has 0 aromatic heterocycles. The Morgan fingerprint density at radius 2 is 1.93 bits per heavy atom. The molecule has 0 bridgehead atoms. The molecule has 14 heavy (non-hydrogen) atoms. The molecule has 0 saturated heterocycles. The molecular formula is C8H6Cl2FNOS. The maximum atomic E-state index is 12.5. The number of alkyl halides is 3. The fourth-order valence-corrected chi connectivity index (χ4v) is 1.31. The van der Waals surface area contributed by atoms with E-state index in [9.17, 15) is 9.18 Å². The molecule has 1 aromatic carbocycles. The van der Waals surface area contributed by atoms with Gasteiger partial charge >= 0.3 is 3.92 Å². The first kappa shape index (κ1) is 11.6. The predicted molar refractivity (Wildman–Crippen MR) is 57.0 cm³/mol. The highest BCUT2D eigenvalue weighted by Gasteiger charge is 2.24. The van der Waals surface area contributed by atoms with Crippen LogP contribution >= 0.6 is 35.1 Å². The van der Waals surface area contributed by atoms with E-state index in [1.54, 1.807) is 30.3 Å². The summed E-state index contributed by atoms with van der Waals surface area (Å²) in [7, 11) is 0. The first-order valence-corrected chi connectivity index (χ1v) is 5.16. The number of carbonyl (C=O) groups excluding carboxylic acids is 1. The molecule has 0 atom stereocenters. The summed E-state index contributed by atoms with van der Waals surface area (Å²) < 4.78 is 12.2. The maximum Gasteiger partial charge on any atom is 0.323 e. The second kappa shape index (κ2) is 4.87. The van der Waals surface area contributed by atoms with Crippen LogP contribution in [-0.4, -0.2) is 9.83 Å². The van der Waals surface area contributed by atoms with E-state index >= 15 is 0 Å². The fourth-order valence-electron chi connectivity index (χ4n) is 0.753. The van der Waals surface area contributed by atoms with E-state index in [-0.39, 0.29) is 0 Å². The number of hydrogen-bond acceptors (Lipinski definition) is 2. The minimum absolute atomic E-state index is 0.301. The summed E-state index contributed by atoms with van der Waals surface area (Å²) in [6.07, 6.45) is 0. The molecule has 6 heteroatoms. The number of carbonyl (C=O) groups is 1. The van der Waals surface area contributed by atoms with E-state index in [2.05, 4.69) is 4.72 Å². The van der Waals surface area contributed by atoms with Crippen LogP contribution < -0.4 is 4.72 Å². The lowest BCUT2D eigenvalue weighted by Crippen LogP contribution is -2.19. The Bertz CT molecular complexity index is 315. The summed E-state index contributed by atoms with van der Waals surface area (Å²) in [4.78, 5) is 11.3. The number of hydrogen-bond donors (Lipinski definition) is 1. The van der Waals surface area contributed by atoms with Gasteiger partial charge in [0, 0.05) is 17.5 Å². The summed E-state index contributed by atoms with van der Waals surface area (Å²) in [5.41, 5.74) is 0.414. The van der Waals surface area contributed by atoms with Gasteiger partial charge in [-0.2, -0.15) is 4.39 Å². The third-order valence-electron chi connectivity index (χ3n) is 1.30. The molecule has 1 rings (SSSR count). The van der Waals surface area contributed by atoms with Gasteiger partial charge in [0.15, 0.2) is 0 Å². The molecule has 0 aliphatic carbocycles. The zero-order valence-electron chi connectivity index (χ0n) is 6.84. The molecule has 76 valence electrons. The Morgan fingerprint density at radius 3 is 2.43 bits per heavy atom. The van der Waals surface area contributed by atoms with Gasteiger partial charge in [0.05, 0.1) is 0 Å². The minimum Gasteiger partial charge on any atom is -0.291 e. The van der Waals surface area contributed by atoms with Crippen LogP contribution in [0.3, 0.4) is 0 Å². The highest BCUT2D eigenvalue weighted by atomic mass is 35.5. The van der Waals surface area contributed by atoms with Crippen molar-refractivity contribution in [3.63, 3.8) is 0 Å². The molecule has 0 unspecified atom stereocenters. The van der Waals surface area contributed by atoms with Crippen LogP contribution in [0.4, 0.5) is 4.39 Å². The third kappa shape index (κ3) is 4.17. The zero-order valence-corrected chi connectivity index (χ0v) is 9.17. The first-order chi connectivity index (χ1) is 6.49. The molecule has 0 radical (unpaired) electrons. The molecule has 1 aromatic rings. The van der Waals surface area contributed by atoms with Crippen molar-refractivity contribution in [2.75, 3.05) is 0 Å². The molecule has 2 nitrogen and oxygen atoms in total. The van der Waals surface area contributed by atoms with Crippen LogP contribution in [0.2, 0.25) is 0 Å². The average molecular weight is 254 g/mol. The Hall–Kier alpha value is -0.450. The van der Waals surface area contributed by atoms with Gasteiger partial charge in [0.25, 0.3) is 5.91 Å². The maximum absolute atomic E-state index is 12.5. The van der Waals surface area contributed by atoms with Gasteiger partial charge in [0.2, 0.25) is 0 Å². The van der Waals surface area contributed by atoms with Gasteiger partial charge in [-0.05, 0) is 12.1 Å². The molecule has 1 amide bonds. The lowest BCUT2D eigenvalue weighted by Gasteiger charge is -2.08. The van der Waals surface area contributed by atoms with Gasteiger partial charge < -0.3 is 0 Å². The SMILES string of the molecule is O=C(NSC(F)(Cl)Cl)c1ccccc1. The minimum atomic E-state index is -2.51. The monoisotopic (exact) mass is 253 g/mol. The highest BCUT2D eigenvalue weighted by molar-refractivity contribution is 8.01. The second-order valence-electron chi connectivity index (χ2n) is 2.35. The van der Waals surface area contributed by atoms with Crippen molar-refractivity contribution >= 4 is 41.1 Å². The van der Waals surface area contributed by atoms with Crippen LogP contribution in [-0.2, 0) is 0 Å². The quantitative estimate of drug-likeness (QED) is 0.663. The summed E-state index contributed by atoms with van der Waals surface area (Å²) in [6.45, 7) is 0. The van der Waals surface area contributed by atoms with Crippen LogP contribution in [0.25, 0.3) is 0 Å². The van der Waals surface area contributed by atoms with Gasteiger partial charge in [-0.25, -0.2) is 0 Å². The van der Waals surface area contributed by atoms with Crippen LogP contribution in [0.1, 0.15) is 10.4 Å². The number of benzene rings is 1. The lowest BCUT2D eigenvalue weighted by atomic mass is 10.2. The van der Waals surface area contributed by atoms with E-state index in [4.69, 9.17) is 23.2 Å². The summed E-state index contributed by atoms with van der Waals surface area (Å²) >= 11 is 10.3. The van der Waals surface area contributed by atoms with Gasteiger partial charge in [-0.1, -0.05) is 41.4 Å². The molecule has 0 heterocycles. The normalized spacial score (nSPS) is 11.1. The number of rotatable bonds is 3. The van der Waals surface area contributed by atoms with Gasteiger partial charge in [0.1, 0.15) is 0 Å². The van der Waals surface area contributed by atoms with Crippen molar-refractivity contribution in [2.45, 2.75) is 3.92 Å². The fraction of sp³-hybridized carbons (Fsp3) is 0.125. The number of nitrogens with one attached hydrogen (secondary N) is 1. The third-order valence-corrected chi connectivity index (χ3v) is 2.28. The van der Waals surface area contributed by atoms with Crippen LogP contribution in [0, 0.1) is 0 Å². The molecular weight excluding hydrogens is 248 g/mol. The van der Waals surface area contributed by atoms with Crippen molar-refractivity contribution in [1.29, 1.82) is 0 Å². The molecule has 0 fully saturated rings. The highest BCUT2D eigenvalue weighted by Crippen LogP contribution is 2.33. The topological polar surface area (TPSA) is 29.1 Å². The Labute approximate surface area is 94.9 Å². The second-order valence-corrected chi connectivity index (χ2v) is 5.00. The van der Waals surface area contributed by atoms with Gasteiger partial charge in [-0.3, -0.25) is 9.52 Å².